The fraction of sp³-hybridized carbons (Fsp3) is 0.200. The van der Waals surface area contributed by atoms with E-state index >= 15 is 0 Å². The van der Waals surface area contributed by atoms with Gasteiger partial charge in [0, 0.05) is 11.7 Å². The highest BCUT2D eigenvalue weighted by Gasteiger charge is 2.04. The van der Waals surface area contributed by atoms with Crippen molar-refractivity contribution in [1.82, 2.24) is 0 Å². The van der Waals surface area contributed by atoms with Crippen LogP contribution >= 0.6 is 0 Å². The Morgan fingerprint density at radius 2 is 1.70 bits per heavy atom. The summed E-state index contributed by atoms with van der Waals surface area (Å²) in [5, 5.41) is 0. The number of benzene rings is 2. The summed E-state index contributed by atoms with van der Waals surface area (Å²) < 4.78 is 24.7. The molecule has 106 valence electrons. The van der Waals surface area contributed by atoms with Crippen molar-refractivity contribution >= 4 is 15.7 Å². The van der Waals surface area contributed by atoms with Crippen LogP contribution in [0, 0.1) is 0 Å². The molecule has 0 amide bonds. The molecule has 2 aromatic rings. The van der Waals surface area contributed by atoms with Crippen LogP contribution in [-0.2, 0) is 10.0 Å². The minimum Gasteiger partial charge on any atom is -0.324 e. The average Bonchev–Trinajstić information content (AvgIpc) is 2.38. The van der Waals surface area contributed by atoms with E-state index in [0.717, 1.165) is 22.9 Å². The zero-order chi connectivity index (χ0) is 14.8. The first kappa shape index (κ1) is 14.6. The Kier molecular flexibility index (Phi) is 4.11. The molecule has 20 heavy (non-hydrogen) atoms. The second kappa shape index (κ2) is 5.64. The summed E-state index contributed by atoms with van der Waals surface area (Å²) in [6.45, 7) is 1.94. The predicted octanol–water partition coefficient (Wildman–Crippen LogP) is 2.74. The van der Waals surface area contributed by atoms with E-state index in [4.69, 9.17) is 5.73 Å². The van der Waals surface area contributed by atoms with Crippen LogP contribution in [0.3, 0.4) is 0 Å². The molecule has 2 rings (SSSR count). The van der Waals surface area contributed by atoms with Gasteiger partial charge in [-0.3, -0.25) is 4.72 Å². The second-order valence-electron chi connectivity index (χ2n) is 4.87. The van der Waals surface area contributed by atoms with Crippen LogP contribution in [-0.4, -0.2) is 14.7 Å². The molecule has 0 saturated carbocycles. The summed E-state index contributed by atoms with van der Waals surface area (Å²) in [4.78, 5) is 0. The van der Waals surface area contributed by atoms with Gasteiger partial charge in [-0.1, -0.05) is 30.3 Å². The third kappa shape index (κ3) is 3.82. The van der Waals surface area contributed by atoms with Crippen LogP contribution in [0.2, 0.25) is 0 Å². The van der Waals surface area contributed by atoms with Crippen molar-refractivity contribution < 1.29 is 8.42 Å². The molecule has 0 unspecified atom stereocenters. The Balaban J connectivity index is 2.28. The first-order valence-corrected chi connectivity index (χ1v) is 8.18. The van der Waals surface area contributed by atoms with E-state index in [1.807, 2.05) is 43.3 Å². The van der Waals surface area contributed by atoms with Crippen LogP contribution in [0.4, 0.5) is 5.69 Å². The lowest BCUT2D eigenvalue weighted by Crippen LogP contribution is -2.09. The Morgan fingerprint density at radius 3 is 2.25 bits per heavy atom. The fourth-order valence-corrected chi connectivity index (χ4v) is 2.51. The standard InChI is InChI=1S/C15H18N2O2S/c1-11(16)13-4-3-5-14(10-13)12-6-8-15(9-7-12)17-20(2,18)19/h3-11,17H,16H2,1-2H3/t11-/m0/s1. The van der Waals surface area contributed by atoms with Gasteiger partial charge in [-0.15, -0.1) is 0 Å². The third-order valence-corrected chi connectivity index (χ3v) is 3.54. The fourth-order valence-electron chi connectivity index (χ4n) is 1.95. The largest absolute Gasteiger partial charge is 0.324 e. The number of sulfonamides is 1. The van der Waals surface area contributed by atoms with E-state index in [1.165, 1.54) is 0 Å². The molecule has 0 fully saturated rings. The second-order valence-corrected chi connectivity index (χ2v) is 6.61. The number of nitrogens with two attached hydrogens (primary N) is 1. The minimum absolute atomic E-state index is 0.0128. The molecule has 0 saturated heterocycles. The molecule has 0 radical (unpaired) electrons. The summed E-state index contributed by atoms with van der Waals surface area (Å²) in [6.07, 6.45) is 1.13. The van der Waals surface area contributed by atoms with Gasteiger partial charge in [-0.05, 0) is 41.8 Å². The van der Waals surface area contributed by atoms with E-state index in [9.17, 15) is 8.42 Å². The summed E-state index contributed by atoms with van der Waals surface area (Å²) in [7, 11) is -3.24. The molecule has 3 N–H and O–H groups in total. The first-order valence-electron chi connectivity index (χ1n) is 6.29. The molecule has 4 nitrogen and oxygen atoms in total. The summed E-state index contributed by atoms with van der Waals surface area (Å²) >= 11 is 0. The van der Waals surface area contributed by atoms with Crippen molar-refractivity contribution in [2.45, 2.75) is 13.0 Å². The van der Waals surface area contributed by atoms with Gasteiger partial charge in [0.15, 0.2) is 0 Å². The highest BCUT2D eigenvalue weighted by atomic mass is 32.2. The van der Waals surface area contributed by atoms with E-state index in [2.05, 4.69) is 4.72 Å². The van der Waals surface area contributed by atoms with Crippen LogP contribution in [0.15, 0.2) is 48.5 Å². The summed E-state index contributed by atoms with van der Waals surface area (Å²) in [6, 6.07) is 15.3. The highest BCUT2D eigenvalue weighted by molar-refractivity contribution is 7.92. The molecule has 2 aromatic carbocycles. The summed E-state index contributed by atoms with van der Waals surface area (Å²) in [5.74, 6) is 0. The molecule has 0 aliphatic heterocycles. The zero-order valence-electron chi connectivity index (χ0n) is 11.5. The molecule has 1 atom stereocenters. The van der Waals surface area contributed by atoms with Crippen LogP contribution < -0.4 is 10.5 Å². The number of anilines is 1. The molecule has 0 aromatic heterocycles. The maximum Gasteiger partial charge on any atom is 0.229 e. The molecule has 0 aliphatic rings. The molecular weight excluding hydrogens is 272 g/mol. The van der Waals surface area contributed by atoms with Gasteiger partial charge < -0.3 is 5.73 Å². The lowest BCUT2D eigenvalue weighted by Gasteiger charge is -2.09. The number of nitrogens with one attached hydrogen (secondary N) is 1. The molecule has 0 aliphatic carbocycles. The van der Waals surface area contributed by atoms with Crippen LogP contribution in [0.25, 0.3) is 11.1 Å². The van der Waals surface area contributed by atoms with Crippen molar-refractivity contribution in [3.05, 3.63) is 54.1 Å². The van der Waals surface area contributed by atoms with Gasteiger partial charge in [-0.25, -0.2) is 8.42 Å². The van der Waals surface area contributed by atoms with Gasteiger partial charge >= 0.3 is 0 Å². The quantitative estimate of drug-likeness (QED) is 0.909. The maximum atomic E-state index is 11.2. The van der Waals surface area contributed by atoms with Gasteiger partial charge in [0.1, 0.15) is 0 Å². The van der Waals surface area contributed by atoms with Crippen molar-refractivity contribution in [3.8, 4) is 11.1 Å². The van der Waals surface area contributed by atoms with Gasteiger partial charge in [0.05, 0.1) is 6.26 Å². The topological polar surface area (TPSA) is 72.2 Å². The Labute approximate surface area is 119 Å². The minimum atomic E-state index is -3.24. The number of rotatable bonds is 4. The average molecular weight is 290 g/mol. The van der Waals surface area contributed by atoms with E-state index in [1.54, 1.807) is 12.1 Å². The van der Waals surface area contributed by atoms with Crippen molar-refractivity contribution in [1.29, 1.82) is 0 Å². The van der Waals surface area contributed by atoms with Gasteiger partial charge in [0.25, 0.3) is 0 Å². The Bertz CT molecular complexity index is 692. The SMILES string of the molecule is C[C@H](N)c1cccc(-c2ccc(NS(C)(=O)=O)cc2)c1. The number of hydrogen-bond donors (Lipinski definition) is 2. The van der Waals surface area contributed by atoms with Crippen molar-refractivity contribution in [3.63, 3.8) is 0 Å². The molecule has 0 heterocycles. The van der Waals surface area contributed by atoms with Gasteiger partial charge in [-0.2, -0.15) is 0 Å². The molecule has 0 bridgehead atoms. The van der Waals surface area contributed by atoms with Crippen molar-refractivity contribution in [2.24, 2.45) is 5.73 Å². The van der Waals surface area contributed by atoms with E-state index < -0.39 is 10.0 Å². The third-order valence-electron chi connectivity index (χ3n) is 2.93. The van der Waals surface area contributed by atoms with E-state index in [-0.39, 0.29) is 6.04 Å². The summed E-state index contributed by atoms with van der Waals surface area (Å²) in [5.41, 5.74) is 9.58. The molecular formula is C15H18N2O2S. The highest BCUT2D eigenvalue weighted by Crippen LogP contribution is 2.24. The maximum absolute atomic E-state index is 11.2. The Hall–Kier alpha value is -1.85. The smallest absolute Gasteiger partial charge is 0.229 e. The van der Waals surface area contributed by atoms with E-state index in [0.29, 0.717) is 5.69 Å². The normalized spacial score (nSPS) is 12.9. The van der Waals surface area contributed by atoms with Crippen molar-refractivity contribution in [2.75, 3.05) is 11.0 Å². The monoisotopic (exact) mass is 290 g/mol. The molecule has 5 heteroatoms. The Morgan fingerprint density at radius 1 is 1.05 bits per heavy atom. The lowest BCUT2D eigenvalue weighted by atomic mass is 10.0. The zero-order valence-corrected chi connectivity index (χ0v) is 12.3. The first-order chi connectivity index (χ1) is 9.35. The van der Waals surface area contributed by atoms with Gasteiger partial charge in [0.2, 0.25) is 10.0 Å². The van der Waals surface area contributed by atoms with Crippen LogP contribution in [0.5, 0.6) is 0 Å². The number of hydrogen-bond acceptors (Lipinski definition) is 3. The van der Waals surface area contributed by atoms with Crippen LogP contribution in [0.1, 0.15) is 18.5 Å². The predicted molar refractivity (Wildman–Crippen MR) is 82.9 cm³/mol. The lowest BCUT2D eigenvalue weighted by molar-refractivity contribution is 0.607. The molecule has 0 spiro atoms.